The third kappa shape index (κ3) is 72.6. The number of unbranched alkanes of at least 4 members (excludes halogenated alkanes) is 35. The van der Waals surface area contributed by atoms with Gasteiger partial charge in [0.25, 0.3) is 0 Å². The van der Waals surface area contributed by atoms with Gasteiger partial charge in [-0.2, -0.15) is 0 Å². The van der Waals surface area contributed by atoms with E-state index in [0.717, 1.165) is 148 Å². The van der Waals surface area contributed by atoms with Crippen molar-refractivity contribution in [3.05, 3.63) is 85.1 Å². The van der Waals surface area contributed by atoms with E-state index in [2.05, 4.69) is 113 Å². The Balaban J connectivity index is 5.34. The quantitative estimate of drug-likeness (QED) is 0.0169. The van der Waals surface area contributed by atoms with Gasteiger partial charge in [0.05, 0.1) is 26.4 Å². The number of hydrogen-bond donors (Lipinski definition) is 3. The molecule has 0 aromatic rings. The highest BCUT2D eigenvalue weighted by molar-refractivity contribution is 7.47. The van der Waals surface area contributed by atoms with Gasteiger partial charge in [-0.1, -0.05) is 305 Å². The summed E-state index contributed by atoms with van der Waals surface area (Å²) in [4.78, 5) is 72.9. The van der Waals surface area contributed by atoms with Crippen molar-refractivity contribution < 1.29 is 80.2 Å². The molecule has 0 rings (SSSR count). The molecule has 3 N–H and O–H groups in total. The highest BCUT2D eigenvalue weighted by Crippen LogP contribution is 2.45. The molecule has 0 aliphatic carbocycles. The van der Waals surface area contributed by atoms with E-state index in [1.165, 1.54) is 122 Å². The lowest BCUT2D eigenvalue weighted by molar-refractivity contribution is -0.161. The molecule has 5 atom stereocenters. The molecule has 0 radical (unpaired) electrons. The van der Waals surface area contributed by atoms with E-state index < -0.39 is 97.5 Å². The average molecular weight is 1450 g/mol. The maximum atomic E-state index is 13.1. The van der Waals surface area contributed by atoms with Crippen LogP contribution in [0.15, 0.2) is 85.1 Å². The third-order valence-electron chi connectivity index (χ3n) is 16.9. The van der Waals surface area contributed by atoms with Crippen LogP contribution in [0, 0.1) is 0 Å². The van der Waals surface area contributed by atoms with Crippen LogP contribution in [0.5, 0.6) is 0 Å². The molecule has 2 unspecified atom stereocenters. The average Bonchev–Trinajstić information content (AvgIpc) is 0.935. The van der Waals surface area contributed by atoms with Crippen LogP contribution >= 0.6 is 15.6 Å². The van der Waals surface area contributed by atoms with Crippen molar-refractivity contribution in [2.45, 2.75) is 367 Å². The Labute approximate surface area is 608 Å². The second kappa shape index (κ2) is 73.5. The van der Waals surface area contributed by atoms with Crippen molar-refractivity contribution in [2.75, 3.05) is 39.6 Å². The lowest BCUT2D eigenvalue weighted by Crippen LogP contribution is -2.30. The number of aliphatic hydroxyl groups is 1. The van der Waals surface area contributed by atoms with Gasteiger partial charge in [-0.3, -0.25) is 37.3 Å². The van der Waals surface area contributed by atoms with Crippen LogP contribution in [0.3, 0.4) is 0 Å². The van der Waals surface area contributed by atoms with Gasteiger partial charge in [0.2, 0.25) is 0 Å². The molecular formula is C81H144O17P2. The summed E-state index contributed by atoms with van der Waals surface area (Å²) in [6.07, 6.45) is 75.6. The van der Waals surface area contributed by atoms with Gasteiger partial charge < -0.3 is 33.8 Å². The minimum atomic E-state index is -4.98. The molecule has 0 bridgehead atoms. The highest BCUT2D eigenvalue weighted by atomic mass is 31.2. The maximum Gasteiger partial charge on any atom is 0.472 e. The molecule has 0 saturated carbocycles. The Hall–Kier alpha value is -3.76. The van der Waals surface area contributed by atoms with Gasteiger partial charge in [0.1, 0.15) is 19.3 Å². The molecule has 0 heterocycles. The number of allylic oxidation sites excluding steroid dienone is 14. The van der Waals surface area contributed by atoms with Crippen molar-refractivity contribution in [1.29, 1.82) is 0 Å². The van der Waals surface area contributed by atoms with Crippen LogP contribution in [0.25, 0.3) is 0 Å². The van der Waals surface area contributed by atoms with Crippen LogP contribution in [-0.2, 0) is 65.4 Å². The van der Waals surface area contributed by atoms with Gasteiger partial charge in [-0.15, -0.1) is 0 Å². The first-order chi connectivity index (χ1) is 48.7. The van der Waals surface area contributed by atoms with E-state index in [-0.39, 0.29) is 25.7 Å². The van der Waals surface area contributed by atoms with Crippen LogP contribution in [0.2, 0.25) is 0 Å². The van der Waals surface area contributed by atoms with Gasteiger partial charge >= 0.3 is 39.5 Å². The highest BCUT2D eigenvalue weighted by Gasteiger charge is 2.30. The van der Waals surface area contributed by atoms with E-state index in [1.807, 2.05) is 0 Å². The number of ether oxygens (including phenoxy) is 4. The second-order valence-electron chi connectivity index (χ2n) is 26.6. The number of esters is 4. The first-order valence-corrected chi connectivity index (χ1v) is 42.8. The van der Waals surface area contributed by atoms with Crippen molar-refractivity contribution in [3.63, 3.8) is 0 Å². The number of carbonyl (C=O) groups is 4. The maximum absolute atomic E-state index is 13.1. The predicted octanol–water partition coefficient (Wildman–Crippen LogP) is 23.0. The normalized spacial score (nSPS) is 14.3. The summed E-state index contributed by atoms with van der Waals surface area (Å²) in [6.45, 7) is 4.73. The van der Waals surface area contributed by atoms with E-state index in [1.54, 1.807) is 0 Å². The number of aliphatic hydroxyl groups excluding tert-OH is 1. The molecule has 0 saturated heterocycles. The van der Waals surface area contributed by atoms with Crippen LogP contribution in [0.4, 0.5) is 0 Å². The fraction of sp³-hybridized carbons (Fsp3) is 0.778. The molecule has 100 heavy (non-hydrogen) atoms. The topological polar surface area (TPSA) is 237 Å². The summed E-state index contributed by atoms with van der Waals surface area (Å²) in [5, 5.41) is 10.6. The molecular weight excluding hydrogens is 1310 g/mol. The Morgan fingerprint density at radius 2 is 0.520 bits per heavy atom. The predicted molar refractivity (Wildman–Crippen MR) is 409 cm³/mol. The summed E-state index contributed by atoms with van der Waals surface area (Å²) in [5.41, 5.74) is 0. The zero-order valence-electron chi connectivity index (χ0n) is 63.4. The summed E-state index contributed by atoms with van der Waals surface area (Å²) in [6, 6.07) is 0. The molecule has 0 aromatic carbocycles. The summed E-state index contributed by atoms with van der Waals surface area (Å²) in [7, 11) is -9.95. The zero-order chi connectivity index (χ0) is 73.2. The summed E-state index contributed by atoms with van der Waals surface area (Å²) >= 11 is 0. The Morgan fingerprint density at radius 1 is 0.290 bits per heavy atom. The third-order valence-corrected chi connectivity index (χ3v) is 18.8. The summed E-state index contributed by atoms with van der Waals surface area (Å²) < 4.78 is 68.5. The first kappa shape index (κ1) is 96.2. The van der Waals surface area contributed by atoms with Crippen LogP contribution in [0.1, 0.15) is 349 Å². The zero-order valence-corrected chi connectivity index (χ0v) is 65.2. The molecule has 0 aromatic heterocycles. The van der Waals surface area contributed by atoms with Crippen LogP contribution in [-0.4, -0.2) is 96.7 Å². The number of phosphoric ester groups is 2. The van der Waals surface area contributed by atoms with E-state index in [0.29, 0.717) is 25.7 Å². The van der Waals surface area contributed by atoms with Crippen molar-refractivity contribution in [3.8, 4) is 0 Å². The molecule has 0 spiro atoms. The molecule has 19 heteroatoms. The second-order valence-corrected chi connectivity index (χ2v) is 29.5. The van der Waals surface area contributed by atoms with E-state index in [4.69, 9.17) is 37.0 Å². The molecule has 580 valence electrons. The lowest BCUT2D eigenvalue weighted by Gasteiger charge is -2.21. The monoisotopic (exact) mass is 1450 g/mol. The molecule has 0 aliphatic rings. The van der Waals surface area contributed by atoms with Gasteiger partial charge in [0, 0.05) is 25.7 Å². The minimum Gasteiger partial charge on any atom is -0.462 e. The largest absolute Gasteiger partial charge is 0.472 e. The van der Waals surface area contributed by atoms with E-state index in [9.17, 15) is 43.2 Å². The summed E-state index contributed by atoms with van der Waals surface area (Å²) in [5.74, 6) is -2.20. The standard InChI is InChI=1S/C81H144O17P2/c1-5-9-13-17-21-25-29-33-35-36-37-38-40-44-46-50-54-58-62-66-79(84)92-72-77(98-81(86)68-64-60-56-52-48-42-32-28-24-20-16-12-8-4)74-96-100(89,90)94-70-75(82)69-93-99(87,88)95-73-76(97-80(85)67-63-59-55-51-47-41-31-27-23-19-15-11-7-3)71-91-78(83)65-61-57-53-49-45-43-39-34-30-26-22-18-14-10-6-2/h9,13,21-22,25-26,33-35,37-39,44,46,75-77,82H,5-8,10-12,14-20,23-24,27-32,36,40-43,45,47-74H2,1-4H3,(H,87,88)(H,89,90)/b13-9-,25-21-,26-22-,35-33-,38-37-,39-34-,46-44-/t75-,76+,77+/m0/s1. The van der Waals surface area contributed by atoms with Crippen molar-refractivity contribution in [1.82, 2.24) is 0 Å². The Kier molecular flexibility index (Phi) is 70.8. The number of rotatable bonds is 75. The first-order valence-electron chi connectivity index (χ1n) is 39.8. The van der Waals surface area contributed by atoms with Crippen molar-refractivity contribution >= 4 is 39.5 Å². The fourth-order valence-corrected chi connectivity index (χ4v) is 12.4. The number of carbonyl (C=O) groups excluding carboxylic acids is 4. The lowest BCUT2D eigenvalue weighted by atomic mass is 10.0. The number of hydrogen-bond acceptors (Lipinski definition) is 15. The van der Waals surface area contributed by atoms with E-state index >= 15 is 0 Å². The Bertz CT molecular complexity index is 2230. The van der Waals surface area contributed by atoms with Crippen LogP contribution < -0.4 is 0 Å². The minimum absolute atomic E-state index is 0.0913. The van der Waals surface area contributed by atoms with Gasteiger partial charge in [-0.05, 0) is 103 Å². The molecule has 0 fully saturated rings. The smallest absolute Gasteiger partial charge is 0.462 e. The number of phosphoric acid groups is 2. The van der Waals surface area contributed by atoms with Gasteiger partial charge in [-0.25, -0.2) is 9.13 Å². The molecule has 0 aliphatic heterocycles. The fourth-order valence-electron chi connectivity index (χ4n) is 10.8. The SMILES string of the molecule is CC/C=C\C/C=C\C/C=C\C/C=C\C/C=C\CCCCCC(=O)OC[C@H](COP(=O)(O)OC[C@@H](O)COP(=O)(O)OC[C@@H](COC(=O)CCCCCCC/C=C\C/C=C\CCCCC)OC(=O)CCCCCCCCCCCCCCC)OC(=O)CCCCCCCCCCCCCCC. The van der Waals surface area contributed by atoms with Crippen molar-refractivity contribution in [2.24, 2.45) is 0 Å². The molecule has 0 amide bonds. The Morgan fingerprint density at radius 3 is 0.830 bits per heavy atom. The van der Waals surface area contributed by atoms with Gasteiger partial charge in [0.15, 0.2) is 12.2 Å². The molecule has 17 nitrogen and oxygen atoms in total.